The highest BCUT2D eigenvalue weighted by molar-refractivity contribution is 5.95. The van der Waals surface area contributed by atoms with Crippen LogP contribution in [0.25, 0.3) is 10.4 Å². The van der Waals surface area contributed by atoms with Gasteiger partial charge in [0.2, 0.25) is 23.6 Å². The molecular weight excluding hydrogens is 714 g/mol. The van der Waals surface area contributed by atoms with Crippen LogP contribution in [0.1, 0.15) is 50.4 Å². The number of azide groups is 1. The molecule has 0 bridgehead atoms. The number of nitrogens with one attached hydrogen (secondary N) is 5. The topological polar surface area (TPSA) is 270 Å². The molecule has 7 N–H and O–H groups in total. The molecule has 0 radical (unpaired) electrons. The number of H-pyrrole nitrogens is 1. The minimum Gasteiger partial charge on any atom is -0.489 e. The summed E-state index contributed by atoms with van der Waals surface area (Å²) in [4.78, 5) is 72.2. The maximum absolute atomic E-state index is 13.4. The van der Waals surface area contributed by atoms with Gasteiger partial charge in [-0.2, -0.15) is 0 Å². The Morgan fingerprint density at radius 3 is 2.20 bits per heavy atom. The highest BCUT2D eigenvalue weighted by Gasteiger charge is 2.31. The van der Waals surface area contributed by atoms with Crippen molar-refractivity contribution >= 4 is 29.6 Å². The first-order valence-electron chi connectivity index (χ1n) is 17.7. The van der Waals surface area contributed by atoms with Gasteiger partial charge >= 0.3 is 5.97 Å². The number of ether oxygens (including phenoxy) is 2. The summed E-state index contributed by atoms with van der Waals surface area (Å²) in [5.74, 6) is -3.32. The zero-order chi connectivity index (χ0) is 40.4. The molecule has 298 valence electrons. The molecule has 18 nitrogen and oxygen atoms in total. The molecule has 1 aromatic heterocycles. The number of rotatable bonds is 23. The second-order valence-electron chi connectivity index (χ2n) is 12.6. The standard InChI is InChI=1S/C32H43N7O8.C5H8N2O/c1-21(2)17-26(31(44)38-28(19-29(41)42)30(43)34-13-15-46-16-14-35-39-33)37-32(45)27(36-22(3)40)18-23-9-11-25(12-10-23)47-20-24-7-5-4-6-8-24;8-2-1-5-3-6-4-7-5/h4-12,21,26-28H,13-20H2,1-3H3,(H,34,43)(H,36,40)(H,37,45)(H,38,44)(H,41,42);3-4,8H,1-2H2,(H,6,7)/t26-,27+,28+;/m1./s1. The first-order valence-corrected chi connectivity index (χ1v) is 17.7. The van der Waals surface area contributed by atoms with Crippen LogP contribution >= 0.6 is 0 Å². The first-order chi connectivity index (χ1) is 26.4. The molecule has 55 heavy (non-hydrogen) atoms. The SMILES string of the molecule is CC(=O)N[C@@H](Cc1ccc(OCc2ccccc2)cc1)C(=O)N[C@H](CC(C)C)C(=O)N[C@@H](CC(=O)O)C(=O)NCCOCCN=[N+]=[N-].OCCc1cnc[nH]1. The molecule has 0 saturated carbocycles. The van der Waals surface area contributed by atoms with E-state index in [2.05, 4.69) is 41.3 Å². The third-order valence-corrected chi connectivity index (χ3v) is 7.54. The Morgan fingerprint density at radius 2 is 1.60 bits per heavy atom. The van der Waals surface area contributed by atoms with Crippen molar-refractivity contribution in [1.29, 1.82) is 0 Å². The molecule has 1 heterocycles. The second-order valence-corrected chi connectivity index (χ2v) is 12.6. The molecule has 0 aliphatic heterocycles. The lowest BCUT2D eigenvalue weighted by atomic mass is 10.0. The zero-order valence-electron chi connectivity index (χ0n) is 31.3. The first kappa shape index (κ1) is 45.2. The molecule has 0 fully saturated rings. The van der Waals surface area contributed by atoms with Crippen LogP contribution in [-0.2, 0) is 48.2 Å². The van der Waals surface area contributed by atoms with E-state index in [0.29, 0.717) is 18.8 Å². The summed E-state index contributed by atoms with van der Waals surface area (Å²) in [5, 5.41) is 31.3. The lowest BCUT2D eigenvalue weighted by molar-refractivity contribution is -0.141. The average Bonchev–Trinajstić information content (AvgIpc) is 3.67. The van der Waals surface area contributed by atoms with Crippen molar-refractivity contribution in [2.45, 2.75) is 71.2 Å². The number of aromatic nitrogens is 2. The Hall–Kier alpha value is -5.97. The van der Waals surface area contributed by atoms with Crippen LogP contribution in [0.4, 0.5) is 0 Å². The Kier molecular flexibility index (Phi) is 21.3. The van der Waals surface area contributed by atoms with E-state index in [4.69, 9.17) is 20.1 Å². The van der Waals surface area contributed by atoms with Gasteiger partial charge in [0.05, 0.1) is 26.0 Å². The van der Waals surface area contributed by atoms with Crippen LogP contribution in [0, 0.1) is 5.92 Å². The van der Waals surface area contributed by atoms with E-state index < -0.39 is 54.1 Å². The van der Waals surface area contributed by atoms with Crippen LogP contribution < -0.4 is 26.0 Å². The molecule has 3 rings (SSSR count). The van der Waals surface area contributed by atoms with Crippen molar-refractivity contribution in [1.82, 2.24) is 31.2 Å². The number of hydrogen-bond donors (Lipinski definition) is 7. The molecule has 0 saturated heterocycles. The van der Waals surface area contributed by atoms with Crippen LogP contribution in [0.5, 0.6) is 5.75 Å². The smallest absolute Gasteiger partial charge is 0.305 e. The van der Waals surface area contributed by atoms with Gasteiger partial charge in [-0.15, -0.1) is 0 Å². The second kappa shape index (κ2) is 25.9. The molecule has 0 aliphatic carbocycles. The normalized spacial score (nSPS) is 12.1. The molecule has 2 aromatic carbocycles. The van der Waals surface area contributed by atoms with E-state index in [1.165, 1.54) is 6.92 Å². The molecule has 18 heteroatoms. The summed E-state index contributed by atoms with van der Waals surface area (Å²) >= 11 is 0. The fourth-order valence-electron chi connectivity index (χ4n) is 4.95. The van der Waals surface area contributed by atoms with Crippen molar-refractivity contribution in [2.24, 2.45) is 11.0 Å². The van der Waals surface area contributed by atoms with E-state index >= 15 is 0 Å². The lowest BCUT2D eigenvalue weighted by Crippen LogP contribution is -2.57. The molecule has 3 aromatic rings. The molecule has 0 unspecified atom stereocenters. The average molecular weight is 766 g/mol. The molecule has 0 spiro atoms. The van der Waals surface area contributed by atoms with Crippen molar-refractivity contribution in [2.75, 3.05) is 32.9 Å². The zero-order valence-corrected chi connectivity index (χ0v) is 31.3. The highest BCUT2D eigenvalue weighted by Crippen LogP contribution is 2.16. The Morgan fingerprint density at radius 1 is 0.909 bits per heavy atom. The Balaban J connectivity index is 0.00000115. The molecule has 3 atom stereocenters. The highest BCUT2D eigenvalue weighted by atomic mass is 16.5. The van der Waals surface area contributed by atoms with Crippen LogP contribution in [0.3, 0.4) is 0 Å². The van der Waals surface area contributed by atoms with Gasteiger partial charge in [-0.3, -0.25) is 24.0 Å². The number of carbonyl (C=O) groups is 5. The number of aliphatic hydroxyl groups is 1. The van der Waals surface area contributed by atoms with Crippen LogP contribution in [0.15, 0.2) is 72.2 Å². The maximum atomic E-state index is 13.4. The van der Waals surface area contributed by atoms with E-state index in [9.17, 15) is 29.1 Å². The third-order valence-electron chi connectivity index (χ3n) is 7.54. The van der Waals surface area contributed by atoms with Gasteiger partial charge in [0.1, 0.15) is 30.5 Å². The van der Waals surface area contributed by atoms with Crippen molar-refractivity contribution in [3.05, 3.63) is 94.4 Å². The van der Waals surface area contributed by atoms with Crippen molar-refractivity contribution < 1.29 is 43.7 Å². The maximum Gasteiger partial charge on any atom is 0.305 e. The Labute approximate surface area is 319 Å². The third kappa shape index (κ3) is 19.6. The van der Waals surface area contributed by atoms with Crippen molar-refractivity contribution in [3.63, 3.8) is 0 Å². The number of benzene rings is 2. The summed E-state index contributed by atoms with van der Waals surface area (Å²) in [6.45, 7) is 5.86. The number of carboxylic acids is 1. The predicted molar refractivity (Wildman–Crippen MR) is 201 cm³/mol. The number of imidazole rings is 1. The van der Waals surface area contributed by atoms with Crippen LogP contribution in [-0.4, -0.2) is 101 Å². The minimum atomic E-state index is -1.43. The molecule has 0 aliphatic rings. The van der Waals surface area contributed by atoms with E-state index in [1.807, 2.05) is 44.2 Å². The lowest BCUT2D eigenvalue weighted by Gasteiger charge is -2.26. The van der Waals surface area contributed by atoms with Gasteiger partial charge in [-0.05, 0) is 41.1 Å². The van der Waals surface area contributed by atoms with E-state index in [0.717, 1.165) is 16.8 Å². The number of aliphatic hydroxyl groups excluding tert-OH is 1. The molecule has 4 amide bonds. The number of hydrogen-bond acceptors (Lipinski definition) is 10. The van der Waals surface area contributed by atoms with Gasteiger partial charge in [0, 0.05) is 56.3 Å². The van der Waals surface area contributed by atoms with Gasteiger partial charge in [0.15, 0.2) is 0 Å². The number of aromatic amines is 1. The fourth-order valence-corrected chi connectivity index (χ4v) is 4.95. The summed E-state index contributed by atoms with van der Waals surface area (Å²) < 4.78 is 11.0. The predicted octanol–water partition coefficient (Wildman–Crippen LogP) is 2.19. The number of carboxylic acid groups (broad SMARTS) is 1. The fraction of sp³-hybridized carbons (Fsp3) is 0.459. The number of aliphatic carboxylic acids is 1. The summed E-state index contributed by atoms with van der Waals surface area (Å²) in [6, 6.07) is 13.2. The van der Waals surface area contributed by atoms with E-state index in [-0.39, 0.29) is 51.7 Å². The summed E-state index contributed by atoms with van der Waals surface area (Å²) in [7, 11) is 0. The summed E-state index contributed by atoms with van der Waals surface area (Å²) in [6.07, 6.45) is 3.58. The summed E-state index contributed by atoms with van der Waals surface area (Å²) in [5.41, 5.74) is 11.0. The quantitative estimate of drug-likeness (QED) is 0.0320. The van der Waals surface area contributed by atoms with Gasteiger partial charge in [0.25, 0.3) is 0 Å². The minimum absolute atomic E-state index is 0.0196. The van der Waals surface area contributed by atoms with E-state index in [1.54, 1.807) is 36.8 Å². The van der Waals surface area contributed by atoms with Gasteiger partial charge in [-0.25, -0.2) is 4.98 Å². The monoisotopic (exact) mass is 765 g/mol. The number of nitrogens with zero attached hydrogens (tertiary/aromatic N) is 4. The Bertz CT molecular complexity index is 1650. The molecular formula is C37H51N9O9. The van der Waals surface area contributed by atoms with Crippen molar-refractivity contribution in [3.8, 4) is 5.75 Å². The number of carbonyl (C=O) groups excluding carboxylic acids is 4. The van der Waals surface area contributed by atoms with Gasteiger partial charge < -0.3 is 45.9 Å². The van der Waals surface area contributed by atoms with Crippen LogP contribution in [0.2, 0.25) is 0 Å². The largest absolute Gasteiger partial charge is 0.489 e. The number of amides is 4. The van der Waals surface area contributed by atoms with Gasteiger partial charge in [-0.1, -0.05) is 61.4 Å².